The molecule has 2 rings (SSSR count). The van der Waals surface area contributed by atoms with E-state index in [1.165, 1.54) is 12.1 Å². The number of benzene rings is 2. The van der Waals surface area contributed by atoms with Gasteiger partial charge in [-0.1, -0.05) is 48.0 Å². The summed E-state index contributed by atoms with van der Waals surface area (Å²) in [4.78, 5) is 24.7. The van der Waals surface area contributed by atoms with Gasteiger partial charge in [-0.05, 0) is 45.4 Å². The summed E-state index contributed by atoms with van der Waals surface area (Å²) in [6.07, 6.45) is -1.11. The number of ether oxygens (including phenoxy) is 2. The van der Waals surface area contributed by atoms with Gasteiger partial charge in [0.05, 0.1) is 23.1 Å². The lowest BCUT2D eigenvalue weighted by Crippen LogP contribution is -2.42. The first-order valence-electron chi connectivity index (χ1n) is 9.93. The fourth-order valence-electron chi connectivity index (χ4n) is 2.77. The van der Waals surface area contributed by atoms with Crippen LogP contribution in [0.2, 0.25) is 0 Å². The van der Waals surface area contributed by atoms with E-state index in [1.807, 2.05) is 25.1 Å². The van der Waals surface area contributed by atoms with Crippen LogP contribution in [0.25, 0.3) is 0 Å². The number of hydrogen-bond acceptors (Lipinski definition) is 6. The largest absolute Gasteiger partial charge is 0.460 e. The average molecular weight is 448 g/mol. The summed E-state index contributed by atoms with van der Waals surface area (Å²) < 4.78 is 36.1. The van der Waals surface area contributed by atoms with E-state index in [0.29, 0.717) is 0 Å². The second kappa shape index (κ2) is 10.4. The molecule has 2 aromatic rings. The SMILES string of the molecule is Cc1ccc(S(=O)(=O)C[C@H](CC(=O)OC(C)(C)C)NC(=O)OCc2ccccc2)cc1. The highest BCUT2D eigenvalue weighted by atomic mass is 32.2. The van der Waals surface area contributed by atoms with E-state index in [2.05, 4.69) is 5.32 Å². The number of esters is 1. The molecule has 1 amide bonds. The van der Waals surface area contributed by atoms with Crippen molar-refractivity contribution in [2.24, 2.45) is 0 Å². The Bertz CT molecular complexity index is 979. The van der Waals surface area contributed by atoms with Crippen LogP contribution in [-0.2, 0) is 30.7 Å². The molecule has 0 saturated heterocycles. The Balaban J connectivity index is 2.10. The molecule has 0 aliphatic carbocycles. The molecule has 7 nitrogen and oxygen atoms in total. The molecule has 168 valence electrons. The molecule has 0 bridgehead atoms. The number of amides is 1. The molecule has 0 aliphatic rings. The van der Waals surface area contributed by atoms with Crippen molar-refractivity contribution in [3.63, 3.8) is 0 Å². The first-order chi connectivity index (χ1) is 14.4. The van der Waals surface area contributed by atoms with E-state index in [-0.39, 0.29) is 17.9 Å². The zero-order valence-corrected chi connectivity index (χ0v) is 19.1. The predicted octanol–water partition coefficient (Wildman–Crippen LogP) is 3.80. The van der Waals surface area contributed by atoms with Gasteiger partial charge in [-0.15, -0.1) is 0 Å². The van der Waals surface area contributed by atoms with Crippen LogP contribution in [0.5, 0.6) is 0 Å². The molecular weight excluding hydrogens is 418 g/mol. The second-order valence-electron chi connectivity index (χ2n) is 8.29. The summed E-state index contributed by atoms with van der Waals surface area (Å²) in [5.74, 6) is -1.07. The molecule has 1 N–H and O–H groups in total. The van der Waals surface area contributed by atoms with Gasteiger partial charge in [0.25, 0.3) is 0 Å². The number of sulfone groups is 1. The Morgan fingerprint density at radius 1 is 1.00 bits per heavy atom. The number of carbonyl (C=O) groups is 2. The molecule has 0 fully saturated rings. The van der Waals surface area contributed by atoms with Gasteiger partial charge in [0.1, 0.15) is 12.2 Å². The van der Waals surface area contributed by atoms with Crippen LogP contribution >= 0.6 is 0 Å². The van der Waals surface area contributed by atoms with Crippen LogP contribution in [0, 0.1) is 6.92 Å². The van der Waals surface area contributed by atoms with Gasteiger partial charge in [-0.2, -0.15) is 0 Å². The Kier molecular flexibility index (Phi) is 8.21. The molecular formula is C23H29NO6S. The third kappa shape index (κ3) is 8.80. The smallest absolute Gasteiger partial charge is 0.407 e. The maximum Gasteiger partial charge on any atom is 0.407 e. The number of hydrogen-bond donors (Lipinski definition) is 1. The highest BCUT2D eigenvalue weighted by Gasteiger charge is 2.27. The average Bonchev–Trinajstić information content (AvgIpc) is 2.65. The molecule has 0 aliphatic heterocycles. The third-order valence-electron chi connectivity index (χ3n) is 4.17. The number of carbonyl (C=O) groups excluding carboxylic acids is 2. The lowest BCUT2D eigenvalue weighted by atomic mass is 10.2. The standard InChI is InChI=1S/C23H29NO6S/c1-17-10-12-20(13-11-17)31(27,28)16-19(14-21(25)30-23(2,3)4)24-22(26)29-15-18-8-6-5-7-9-18/h5-13,19H,14-16H2,1-4H3,(H,24,26)/t19-/m0/s1. The topological polar surface area (TPSA) is 98.8 Å². The lowest BCUT2D eigenvalue weighted by Gasteiger charge is -2.23. The van der Waals surface area contributed by atoms with Crippen LogP contribution < -0.4 is 5.32 Å². The first-order valence-corrected chi connectivity index (χ1v) is 11.6. The van der Waals surface area contributed by atoms with E-state index in [0.717, 1.165) is 11.1 Å². The van der Waals surface area contributed by atoms with E-state index < -0.39 is 39.3 Å². The summed E-state index contributed by atoms with van der Waals surface area (Å²) in [7, 11) is -3.76. The van der Waals surface area contributed by atoms with Crippen LogP contribution in [-0.4, -0.2) is 37.9 Å². The number of aryl methyl sites for hydroxylation is 1. The fraction of sp³-hybridized carbons (Fsp3) is 0.391. The second-order valence-corrected chi connectivity index (χ2v) is 10.3. The Hall–Kier alpha value is -2.87. The fourth-order valence-corrected chi connectivity index (χ4v) is 4.25. The van der Waals surface area contributed by atoms with Gasteiger partial charge < -0.3 is 14.8 Å². The van der Waals surface area contributed by atoms with Crippen molar-refractivity contribution in [1.82, 2.24) is 5.32 Å². The van der Waals surface area contributed by atoms with E-state index in [9.17, 15) is 18.0 Å². The van der Waals surface area contributed by atoms with Gasteiger partial charge in [-0.25, -0.2) is 13.2 Å². The van der Waals surface area contributed by atoms with Crippen LogP contribution in [0.1, 0.15) is 38.3 Å². The summed E-state index contributed by atoms with van der Waals surface area (Å²) in [6, 6.07) is 14.5. The first kappa shape index (κ1) is 24.4. The Morgan fingerprint density at radius 3 is 2.19 bits per heavy atom. The predicted molar refractivity (Wildman–Crippen MR) is 117 cm³/mol. The molecule has 0 radical (unpaired) electrons. The summed E-state index contributed by atoms with van der Waals surface area (Å²) >= 11 is 0. The third-order valence-corrected chi connectivity index (χ3v) is 6.00. The maximum atomic E-state index is 12.8. The molecule has 0 unspecified atom stereocenters. The van der Waals surface area contributed by atoms with Crippen LogP contribution in [0.4, 0.5) is 4.79 Å². The lowest BCUT2D eigenvalue weighted by molar-refractivity contribution is -0.155. The molecule has 0 spiro atoms. The summed E-state index contributed by atoms with van der Waals surface area (Å²) in [5, 5.41) is 2.50. The number of alkyl carbamates (subject to hydrolysis) is 1. The van der Waals surface area contributed by atoms with Crippen molar-refractivity contribution < 1.29 is 27.5 Å². The zero-order chi connectivity index (χ0) is 23.1. The van der Waals surface area contributed by atoms with Gasteiger partial charge in [-0.3, -0.25) is 4.79 Å². The summed E-state index contributed by atoms with van der Waals surface area (Å²) in [6.45, 7) is 7.02. The van der Waals surface area contributed by atoms with Gasteiger partial charge >= 0.3 is 12.1 Å². The molecule has 0 heterocycles. The summed E-state index contributed by atoms with van der Waals surface area (Å²) in [5.41, 5.74) is 0.978. The van der Waals surface area contributed by atoms with Crippen molar-refractivity contribution in [2.45, 2.75) is 57.3 Å². The van der Waals surface area contributed by atoms with Crippen molar-refractivity contribution in [3.05, 3.63) is 65.7 Å². The quantitative estimate of drug-likeness (QED) is 0.618. The Labute approximate surface area is 183 Å². The minimum absolute atomic E-state index is 0.0243. The molecule has 31 heavy (non-hydrogen) atoms. The highest BCUT2D eigenvalue weighted by molar-refractivity contribution is 7.91. The van der Waals surface area contributed by atoms with E-state index in [4.69, 9.17) is 9.47 Å². The van der Waals surface area contributed by atoms with Crippen molar-refractivity contribution >= 4 is 21.9 Å². The van der Waals surface area contributed by atoms with E-state index >= 15 is 0 Å². The monoisotopic (exact) mass is 447 g/mol. The minimum Gasteiger partial charge on any atom is -0.460 e. The molecule has 2 aromatic carbocycles. The van der Waals surface area contributed by atoms with Crippen molar-refractivity contribution in [3.8, 4) is 0 Å². The molecule has 8 heteroatoms. The van der Waals surface area contributed by atoms with Crippen molar-refractivity contribution in [2.75, 3.05) is 5.75 Å². The normalized spacial score (nSPS) is 12.6. The van der Waals surface area contributed by atoms with Gasteiger partial charge in [0, 0.05) is 0 Å². The number of nitrogens with one attached hydrogen (secondary N) is 1. The van der Waals surface area contributed by atoms with Gasteiger partial charge in [0.2, 0.25) is 0 Å². The molecule has 0 aromatic heterocycles. The molecule has 0 saturated carbocycles. The van der Waals surface area contributed by atoms with Crippen LogP contribution in [0.3, 0.4) is 0 Å². The number of rotatable bonds is 8. The maximum absolute atomic E-state index is 12.8. The zero-order valence-electron chi connectivity index (χ0n) is 18.3. The van der Waals surface area contributed by atoms with Gasteiger partial charge in [0.15, 0.2) is 9.84 Å². The molecule has 1 atom stereocenters. The minimum atomic E-state index is -3.76. The van der Waals surface area contributed by atoms with Crippen LogP contribution in [0.15, 0.2) is 59.5 Å². The van der Waals surface area contributed by atoms with Crippen molar-refractivity contribution in [1.29, 1.82) is 0 Å². The Morgan fingerprint density at radius 2 is 1.61 bits per heavy atom. The highest BCUT2D eigenvalue weighted by Crippen LogP contribution is 2.16. The van der Waals surface area contributed by atoms with E-state index in [1.54, 1.807) is 45.0 Å².